The van der Waals surface area contributed by atoms with Gasteiger partial charge in [0.05, 0.1) is 18.2 Å². The molecule has 0 saturated carbocycles. The highest BCUT2D eigenvalue weighted by atomic mass is 16.5. The molecule has 0 bridgehead atoms. The number of pyridine rings is 1. The average molecular weight is 549 g/mol. The molecule has 1 aliphatic heterocycles. The van der Waals surface area contributed by atoms with E-state index in [1.807, 2.05) is 55.5 Å². The normalized spacial score (nSPS) is 16.3. The zero-order valence-electron chi connectivity index (χ0n) is 23.3. The number of carbonyl (C=O) groups is 2. The van der Waals surface area contributed by atoms with Gasteiger partial charge in [-0.3, -0.25) is 14.6 Å². The van der Waals surface area contributed by atoms with E-state index in [4.69, 9.17) is 9.47 Å². The fourth-order valence-corrected chi connectivity index (χ4v) is 4.82. The number of benzene rings is 3. The Hall–Kier alpha value is -4.91. The molecule has 5 rings (SSSR count). The van der Waals surface area contributed by atoms with Crippen LogP contribution in [0.1, 0.15) is 42.1 Å². The van der Waals surface area contributed by atoms with Crippen molar-refractivity contribution in [3.05, 3.63) is 125 Å². The molecule has 1 N–H and O–H groups in total. The standard InChI is InChI=1S/C34H32N2O5/c1-22(2)21-40-29-13-12-26(18-23(29)3)32(37)30-31(36(34(39)33(30)38)20-24-14-16-35-17-15-24)25-8-7-11-28(19-25)41-27-9-5-4-6-10-27/h4-19,22,31,37H,20-21H2,1-3H3/b32-30+. The number of hydrogen-bond donors (Lipinski definition) is 1. The first-order chi connectivity index (χ1) is 19.8. The summed E-state index contributed by atoms with van der Waals surface area (Å²) < 4.78 is 11.9. The first-order valence-corrected chi connectivity index (χ1v) is 13.6. The molecule has 41 heavy (non-hydrogen) atoms. The number of likely N-dealkylation sites (tertiary alicyclic amines) is 1. The molecular weight excluding hydrogens is 516 g/mol. The van der Waals surface area contributed by atoms with E-state index in [-0.39, 0.29) is 17.9 Å². The Morgan fingerprint density at radius 1 is 0.927 bits per heavy atom. The smallest absolute Gasteiger partial charge is 0.295 e. The number of para-hydroxylation sites is 1. The molecule has 1 saturated heterocycles. The molecule has 3 aromatic carbocycles. The predicted octanol–water partition coefficient (Wildman–Crippen LogP) is 6.84. The summed E-state index contributed by atoms with van der Waals surface area (Å²) in [5.41, 5.74) is 2.72. The predicted molar refractivity (Wildman–Crippen MR) is 157 cm³/mol. The van der Waals surface area contributed by atoms with Gasteiger partial charge < -0.3 is 19.5 Å². The molecule has 208 valence electrons. The van der Waals surface area contributed by atoms with Crippen LogP contribution in [0.25, 0.3) is 5.76 Å². The Labute approximate surface area is 239 Å². The molecule has 1 atom stereocenters. The van der Waals surface area contributed by atoms with E-state index >= 15 is 0 Å². The van der Waals surface area contributed by atoms with E-state index in [0.29, 0.717) is 40.9 Å². The fourth-order valence-electron chi connectivity index (χ4n) is 4.82. The minimum absolute atomic E-state index is 0.0242. The molecular formula is C34H32N2O5. The largest absolute Gasteiger partial charge is 0.507 e. The van der Waals surface area contributed by atoms with E-state index in [1.165, 1.54) is 4.90 Å². The van der Waals surface area contributed by atoms with E-state index in [0.717, 1.165) is 11.1 Å². The van der Waals surface area contributed by atoms with Crippen LogP contribution in [0.4, 0.5) is 0 Å². The Balaban J connectivity index is 1.58. The Bertz CT molecular complexity index is 1580. The van der Waals surface area contributed by atoms with Crippen LogP contribution in [-0.4, -0.2) is 33.3 Å². The number of Topliss-reactive ketones (excluding diaryl/α,β-unsaturated/α-hetero) is 1. The molecule has 1 fully saturated rings. The fraction of sp³-hybridized carbons (Fsp3) is 0.206. The van der Waals surface area contributed by atoms with Crippen LogP contribution in [-0.2, 0) is 16.1 Å². The van der Waals surface area contributed by atoms with E-state index in [1.54, 1.807) is 48.8 Å². The molecule has 7 nitrogen and oxygen atoms in total. The number of ether oxygens (including phenoxy) is 2. The molecule has 1 aliphatic rings. The van der Waals surface area contributed by atoms with Gasteiger partial charge in [0.25, 0.3) is 11.7 Å². The summed E-state index contributed by atoms with van der Waals surface area (Å²) in [6, 6.07) is 24.6. The highest BCUT2D eigenvalue weighted by Gasteiger charge is 2.46. The van der Waals surface area contributed by atoms with E-state index < -0.39 is 17.7 Å². The number of aliphatic hydroxyl groups excluding tert-OH is 1. The summed E-state index contributed by atoms with van der Waals surface area (Å²) >= 11 is 0. The number of aliphatic hydroxyl groups is 1. The lowest BCUT2D eigenvalue weighted by Crippen LogP contribution is -2.29. The lowest BCUT2D eigenvalue weighted by atomic mass is 9.94. The summed E-state index contributed by atoms with van der Waals surface area (Å²) in [4.78, 5) is 32.5. The SMILES string of the molecule is Cc1cc(/C(O)=C2\C(=O)C(=O)N(Cc3ccncc3)C2c2cccc(Oc3ccccc3)c2)ccc1OCC(C)C. The van der Waals surface area contributed by atoms with Gasteiger partial charge in [0.15, 0.2) is 0 Å². The quantitative estimate of drug-likeness (QED) is 0.140. The highest BCUT2D eigenvalue weighted by Crippen LogP contribution is 2.41. The summed E-state index contributed by atoms with van der Waals surface area (Å²) in [6.45, 7) is 6.75. The number of hydrogen-bond acceptors (Lipinski definition) is 6. The lowest BCUT2D eigenvalue weighted by molar-refractivity contribution is -0.140. The van der Waals surface area contributed by atoms with Gasteiger partial charge in [0, 0.05) is 24.5 Å². The zero-order chi connectivity index (χ0) is 28.9. The van der Waals surface area contributed by atoms with Gasteiger partial charge in [0.1, 0.15) is 23.0 Å². The van der Waals surface area contributed by atoms with Crippen molar-refractivity contribution in [2.24, 2.45) is 5.92 Å². The van der Waals surface area contributed by atoms with Crippen molar-refractivity contribution in [2.45, 2.75) is 33.4 Å². The molecule has 1 amide bonds. The summed E-state index contributed by atoms with van der Waals surface area (Å²) in [5.74, 6) is 0.608. The third-order valence-electron chi connectivity index (χ3n) is 6.82. The zero-order valence-corrected chi connectivity index (χ0v) is 23.3. The number of carbonyl (C=O) groups excluding carboxylic acids is 2. The number of ketones is 1. The molecule has 0 aliphatic carbocycles. The first-order valence-electron chi connectivity index (χ1n) is 13.6. The van der Waals surface area contributed by atoms with Gasteiger partial charge in [-0.2, -0.15) is 0 Å². The number of amides is 1. The van der Waals surface area contributed by atoms with Gasteiger partial charge in [-0.15, -0.1) is 0 Å². The van der Waals surface area contributed by atoms with Gasteiger partial charge >= 0.3 is 0 Å². The average Bonchev–Trinajstić information content (AvgIpc) is 3.22. The molecule has 1 unspecified atom stereocenters. The lowest BCUT2D eigenvalue weighted by Gasteiger charge is -2.26. The second-order valence-electron chi connectivity index (χ2n) is 10.5. The third kappa shape index (κ3) is 6.14. The number of nitrogens with zero attached hydrogens (tertiary/aromatic N) is 2. The van der Waals surface area contributed by atoms with Crippen LogP contribution in [0, 0.1) is 12.8 Å². The van der Waals surface area contributed by atoms with Crippen LogP contribution < -0.4 is 9.47 Å². The second-order valence-corrected chi connectivity index (χ2v) is 10.5. The molecule has 7 heteroatoms. The van der Waals surface area contributed by atoms with Crippen LogP contribution in [0.2, 0.25) is 0 Å². The van der Waals surface area contributed by atoms with Crippen LogP contribution in [0.15, 0.2) is 103 Å². The van der Waals surface area contributed by atoms with Crippen LogP contribution >= 0.6 is 0 Å². The van der Waals surface area contributed by atoms with Crippen LogP contribution in [0.3, 0.4) is 0 Å². The van der Waals surface area contributed by atoms with Crippen molar-refractivity contribution in [2.75, 3.05) is 6.61 Å². The van der Waals surface area contributed by atoms with E-state index in [9.17, 15) is 14.7 Å². The number of aromatic nitrogens is 1. The third-order valence-corrected chi connectivity index (χ3v) is 6.82. The minimum atomic E-state index is -0.834. The topological polar surface area (TPSA) is 89.0 Å². The number of rotatable bonds is 9. The maximum Gasteiger partial charge on any atom is 0.295 e. The van der Waals surface area contributed by atoms with Crippen molar-refractivity contribution < 1.29 is 24.2 Å². The van der Waals surface area contributed by atoms with Gasteiger partial charge in [0.2, 0.25) is 0 Å². The Morgan fingerprint density at radius 2 is 1.66 bits per heavy atom. The monoisotopic (exact) mass is 548 g/mol. The highest BCUT2D eigenvalue weighted by molar-refractivity contribution is 6.46. The summed E-state index contributed by atoms with van der Waals surface area (Å²) in [7, 11) is 0. The number of aryl methyl sites for hydroxylation is 1. The summed E-state index contributed by atoms with van der Waals surface area (Å²) in [6.07, 6.45) is 3.28. The summed E-state index contributed by atoms with van der Waals surface area (Å²) in [5, 5.41) is 11.6. The maximum absolute atomic E-state index is 13.5. The molecule has 0 radical (unpaired) electrons. The van der Waals surface area contributed by atoms with Gasteiger partial charge in [-0.25, -0.2) is 0 Å². The Morgan fingerprint density at radius 3 is 2.37 bits per heavy atom. The molecule has 2 heterocycles. The van der Waals surface area contributed by atoms with Crippen molar-refractivity contribution in [1.82, 2.24) is 9.88 Å². The van der Waals surface area contributed by atoms with E-state index in [2.05, 4.69) is 18.8 Å². The van der Waals surface area contributed by atoms with Crippen molar-refractivity contribution in [3.8, 4) is 17.2 Å². The van der Waals surface area contributed by atoms with Gasteiger partial charge in [-0.1, -0.05) is 44.2 Å². The maximum atomic E-state index is 13.5. The molecule has 4 aromatic rings. The van der Waals surface area contributed by atoms with Crippen molar-refractivity contribution >= 4 is 17.4 Å². The first kappa shape index (κ1) is 27.6. The van der Waals surface area contributed by atoms with Crippen molar-refractivity contribution in [3.63, 3.8) is 0 Å². The van der Waals surface area contributed by atoms with Gasteiger partial charge in [-0.05, 0) is 84.1 Å². The Kier molecular flexibility index (Phi) is 8.15. The molecule has 1 aromatic heterocycles. The second kappa shape index (κ2) is 12.1. The molecule has 0 spiro atoms. The van der Waals surface area contributed by atoms with Crippen LogP contribution in [0.5, 0.6) is 17.2 Å². The van der Waals surface area contributed by atoms with Crippen molar-refractivity contribution in [1.29, 1.82) is 0 Å². The minimum Gasteiger partial charge on any atom is -0.507 e.